The minimum absolute atomic E-state index is 0.0930. The smallest absolute Gasteiger partial charge is 0.191 e. The number of fused-ring (bicyclic) bond motifs is 1. The number of halogens is 1. The molecular weight excluding hydrogens is 303 g/mol. The van der Waals surface area contributed by atoms with Crippen molar-refractivity contribution in [3.63, 3.8) is 0 Å². The predicted octanol–water partition coefficient (Wildman–Crippen LogP) is 3.19. The van der Waals surface area contributed by atoms with Gasteiger partial charge in [0.05, 0.1) is 5.75 Å². The first-order valence-corrected chi connectivity index (χ1v) is 8.37. The van der Waals surface area contributed by atoms with Gasteiger partial charge in [0.25, 0.3) is 0 Å². The molecule has 1 aliphatic rings. The molecule has 0 amide bonds. The third-order valence-corrected chi connectivity index (χ3v) is 5.31. The molecule has 0 saturated carbocycles. The van der Waals surface area contributed by atoms with Crippen molar-refractivity contribution in [1.29, 1.82) is 0 Å². The maximum absolute atomic E-state index is 13.8. The molecule has 1 heterocycles. The molecule has 1 aliphatic heterocycles. The molecule has 0 aromatic heterocycles. The van der Waals surface area contributed by atoms with Gasteiger partial charge in [0.2, 0.25) is 0 Å². The molecule has 0 aliphatic carbocycles. The highest BCUT2D eigenvalue weighted by atomic mass is 32.2. The zero-order valence-electron chi connectivity index (χ0n) is 11.8. The number of rotatable bonds is 1. The molecular formula is C17H13FO3S. The molecule has 0 radical (unpaired) electrons. The lowest BCUT2D eigenvalue weighted by Crippen LogP contribution is -2.25. The molecule has 5 heteroatoms. The number of hydrogen-bond acceptors (Lipinski definition) is 3. The fourth-order valence-corrected chi connectivity index (χ4v) is 4.12. The van der Waals surface area contributed by atoms with Crippen molar-refractivity contribution < 1.29 is 17.6 Å². The van der Waals surface area contributed by atoms with Crippen molar-refractivity contribution >= 4 is 21.7 Å². The van der Waals surface area contributed by atoms with E-state index < -0.39 is 32.1 Å². The molecule has 0 spiro atoms. The largest absolute Gasteiger partial charge is 0.289 e. The molecule has 0 N–H and O–H groups in total. The molecule has 3 rings (SSSR count). The van der Waals surface area contributed by atoms with E-state index in [1.54, 1.807) is 6.08 Å². The monoisotopic (exact) mass is 316 g/mol. The van der Waals surface area contributed by atoms with Gasteiger partial charge in [-0.25, -0.2) is 12.8 Å². The van der Waals surface area contributed by atoms with Crippen molar-refractivity contribution in [3.05, 3.63) is 70.5 Å². The lowest BCUT2D eigenvalue weighted by Gasteiger charge is -2.18. The van der Waals surface area contributed by atoms with Crippen LogP contribution in [0, 0.1) is 12.7 Å². The van der Waals surface area contributed by atoms with Crippen LogP contribution in [0.2, 0.25) is 0 Å². The van der Waals surface area contributed by atoms with E-state index >= 15 is 0 Å². The van der Waals surface area contributed by atoms with Crippen LogP contribution in [0.25, 0.3) is 6.08 Å². The van der Waals surface area contributed by atoms with Crippen LogP contribution < -0.4 is 0 Å². The topological polar surface area (TPSA) is 51.2 Å². The summed E-state index contributed by atoms with van der Waals surface area (Å²) in [5, 5.41) is 0. The van der Waals surface area contributed by atoms with Crippen LogP contribution >= 0.6 is 0 Å². The Morgan fingerprint density at radius 2 is 1.77 bits per heavy atom. The minimum Gasteiger partial charge on any atom is -0.289 e. The fraction of sp³-hybridized carbons (Fsp3) is 0.118. The molecule has 112 valence electrons. The second-order valence-electron chi connectivity index (χ2n) is 5.28. The number of hydrogen-bond donors (Lipinski definition) is 0. The Morgan fingerprint density at radius 1 is 1.09 bits per heavy atom. The summed E-state index contributed by atoms with van der Waals surface area (Å²) in [6.07, 6.45) is 1.55. The minimum atomic E-state index is -3.85. The number of sulfone groups is 1. The molecule has 22 heavy (non-hydrogen) atoms. The van der Waals surface area contributed by atoms with Crippen molar-refractivity contribution in [3.8, 4) is 0 Å². The van der Waals surface area contributed by atoms with Crippen molar-refractivity contribution in [1.82, 2.24) is 0 Å². The summed E-state index contributed by atoms with van der Waals surface area (Å²) in [6.45, 7) is 1.94. The van der Waals surface area contributed by atoms with Gasteiger partial charge in [-0.2, -0.15) is 0 Å². The molecule has 2 aromatic rings. The van der Waals surface area contributed by atoms with Crippen molar-refractivity contribution in [2.75, 3.05) is 5.75 Å². The lowest BCUT2D eigenvalue weighted by molar-refractivity contribution is 0.103. The number of ketones is 1. The van der Waals surface area contributed by atoms with Crippen LogP contribution in [0.1, 0.15) is 21.5 Å². The van der Waals surface area contributed by atoms with Gasteiger partial charge in [0, 0.05) is 11.1 Å². The maximum atomic E-state index is 13.8. The number of Topliss-reactive ketones (excluding diaryl/α,β-unsaturated/α-hetero) is 1. The SMILES string of the molecule is Cc1ccc(/C=C2/CS(=O)(=O)c3c(F)cccc3C2=O)cc1. The summed E-state index contributed by atoms with van der Waals surface area (Å²) < 4.78 is 38.3. The zero-order valence-corrected chi connectivity index (χ0v) is 12.7. The Hall–Kier alpha value is -2.27. The highest BCUT2D eigenvalue weighted by molar-refractivity contribution is 7.91. The molecule has 0 saturated heterocycles. The summed E-state index contributed by atoms with van der Waals surface area (Å²) in [4.78, 5) is 11.9. The van der Waals surface area contributed by atoms with Gasteiger partial charge in [-0.05, 0) is 30.7 Å². The second kappa shape index (κ2) is 5.18. The van der Waals surface area contributed by atoms with Crippen LogP contribution in [-0.2, 0) is 9.84 Å². The Morgan fingerprint density at radius 3 is 2.45 bits per heavy atom. The lowest BCUT2D eigenvalue weighted by atomic mass is 10.0. The van der Waals surface area contributed by atoms with E-state index in [4.69, 9.17) is 0 Å². The van der Waals surface area contributed by atoms with Crippen LogP contribution in [-0.4, -0.2) is 20.0 Å². The number of carbonyl (C=O) groups is 1. The maximum Gasteiger partial charge on any atom is 0.191 e. The highest BCUT2D eigenvalue weighted by Crippen LogP contribution is 2.30. The molecule has 0 bridgehead atoms. The van der Waals surface area contributed by atoms with Crippen molar-refractivity contribution in [2.24, 2.45) is 0 Å². The van der Waals surface area contributed by atoms with Gasteiger partial charge in [-0.15, -0.1) is 0 Å². The molecule has 0 unspecified atom stereocenters. The summed E-state index contributed by atoms with van der Waals surface area (Å²) in [5.41, 5.74) is 1.87. The third-order valence-electron chi connectivity index (χ3n) is 3.58. The van der Waals surface area contributed by atoms with Crippen LogP contribution in [0.15, 0.2) is 52.9 Å². The van der Waals surface area contributed by atoms with Gasteiger partial charge in [-0.1, -0.05) is 35.9 Å². The number of benzene rings is 2. The van der Waals surface area contributed by atoms with E-state index in [0.717, 1.165) is 17.2 Å². The van der Waals surface area contributed by atoms with Gasteiger partial charge in [0.15, 0.2) is 15.6 Å². The van der Waals surface area contributed by atoms with Crippen LogP contribution in [0.5, 0.6) is 0 Å². The summed E-state index contributed by atoms with van der Waals surface area (Å²) in [6, 6.07) is 11.1. The Bertz CT molecular complexity index is 894. The van der Waals surface area contributed by atoms with E-state index in [1.165, 1.54) is 12.1 Å². The third kappa shape index (κ3) is 2.48. The standard InChI is InChI=1S/C17H13FO3S/c1-11-5-7-12(8-6-11)9-13-10-22(20,21)17-14(16(13)19)3-2-4-15(17)18/h2-9H,10H2,1H3/b13-9-. The quantitative estimate of drug-likeness (QED) is 0.759. The summed E-state index contributed by atoms with van der Waals surface area (Å²) in [7, 11) is -3.85. The predicted molar refractivity (Wildman–Crippen MR) is 81.9 cm³/mol. The van der Waals surface area contributed by atoms with E-state index in [2.05, 4.69) is 0 Å². The number of carbonyl (C=O) groups excluding carboxylic acids is 1. The molecule has 3 nitrogen and oxygen atoms in total. The first kappa shape index (κ1) is 14.7. The summed E-state index contributed by atoms with van der Waals surface area (Å²) >= 11 is 0. The van der Waals surface area contributed by atoms with Gasteiger partial charge in [0.1, 0.15) is 10.7 Å². The average molecular weight is 316 g/mol. The Balaban J connectivity index is 2.14. The normalized spacial score (nSPS) is 18.3. The van der Waals surface area contributed by atoms with E-state index in [9.17, 15) is 17.6 Å². The van der Waals surface area contributed by atoms with Gasteiger partial charge < -0.3 is 0 Å². The molecule has 2 aromatic carbocycles. The molecule has 0 atom stereocenters. The zero-order chi connectivity index (χ0) is 15.9. The Kier molecular flexibility index (Phi) is 3.45. The van der Waals surface area contributed by atoms with Crippen molar-refractivity contribution in [2.45, 2.75) is 11.8 Å². The second-order valence-corrected chi connectivity index (χ2v) is 7.21. The van der Waals surface area contributed by atoms with Gasteiger partial charge in [-0.3, -0.25) is 4.79 Å². The van der Waals surface area contributed by atoms with E-state index in [1.807, 2.05) is 31.2 Å². The molecule has 0 fully saturated rings. The first-order chi connectivity index (χ1) is 10.4. The van der Waals surface area contributed by atoms with E-state index in [0.29, 0.717) is 0 Å². The first-order valence-electron chi connectivity index (χ1n) is 6.72. The van der Waals surface area contributed by atoms with Crippen LogP contribution in [0.3, 0.4) is 0 Å². The fourth-order valence-electron chi connectivity index (χ4n) is 2.49. The van der Waals surface area contributed by atoms with E-state index in [-0.39, 0.29) is 11.1 Å². The van der Waals surface area contributed by atoms with Crippen LogP contribution in [0.4, 0.5) is 4.39 Å². The highest BCUT2D eigenvalue weighted by Gasteiger charge is 2.35. The Labute approximate surface area is 128 Å². The van der Waals surface area contributed by atoms with Gasteiger partial charge >= 0.3 is 0 Å². The summed E-state index contributed by atoms with van der Waals surface area (Å²) in [5.74, 6) is -1.79. The average Bonchev–Trinajstić information content (AvgIpc) is 2.46. The number of aryl methyl sites for hydroxylation is 1.